The van der Waals surface area contributed by atoms with Gasteiger partial charge in [-0.15, -0.1) is 0 Å². The molecule has 0 radical (unpaired) electrons. The molecule has 0 fully saturated rings. The molecule has 3 aromatic carbocycles. The fraction of sp³-hybridized carbons (Fsp3) is 0. The molecule has 0 aliphatic rings. The van der Waals surface area contributed by atoms with Gasteiger partial charge in [-0.1, -0.05) is 73.8 Å². The summed E-state index contributed by atoms with van der Waals surface area (Å²) < 4.78 is 3.24. The molecule has 0 amide bonds. The first-order chi connectivity index (χ1) is 15.9. The molecule has 2 N–H and O–H groups in total. The van der Waals surface area contributed by atoms with Crippen molar-refractivity contribution in [3.05, 3.63) is 103 Å². The number of benzene rings is 3. The Morgan fingerprint density at radius 2 is 1.58 bits per heavy atom. The molecule has 2 heterocycles. The van der Waals surface area contributed by atoms with Crippen molar-refractivity contribution in [1.29, 1.82) is 0 Å². The molecule has 2 aromatic heterocycles. The van der Waals surface area contributed by atoms with E-state index in [1.807, 2.05) is 54.6 Å². The highest BCUT2D eigenvalue weighted by atomic mass is 79.9. The number of nitrogen functional groups attached to an aromatic ring is 1. The number of nitrogens with two attached hydrogens (primary N) is 1. The van der Waals surface area contributed by atoms with Crippen LogP contribution in [0, 0.1) is 0 Å². The summed E-state index contributed by atoms with van der Waals surface area (Å²) in [4.78, 5) is 22.0. The van der Waals surface area contributed by atoms with E-state index >= 15 is 0 Å². The summed E-state index contributed by atoms with van der Waals surface area (Å²) in [6, 6.07) is 24.6. The van der Waals surface area contributed by atoms with Gasteiger partial charge in [0.1, 0.15) is 5.82 Å². The van der Waals surface area contributed by atoms with E-state index in [2.05, 4.69) is 36.8 Å². The van der Waals surface area contributed by atoms with Gasteiger partial charge >= 0.3 is 5.69 Å². The van der Waals surface area contributed by atoms with Crippen LogP contribution in [0.1, 0.15) is 0 Å². The highest BCUT2D eigenvalue weighted by Gasteiger charge is 2.18. The van der Waals surface area contributed by atoms with Crippen LogP contribution >= 0.6 is 43.5 Å². The zero-order chi connectivity index (χ0) is 23.1. The van der Waals surface area contributed by atoms with Gasteiger partial charge in [0.15, 0.2) is 5.65 Å². The van der Waals surface area contributed by atoms with Gasteiger partial charge in [-0.25, -0.2) is 14.3 Å². The number of anilines is 1. The molecule has 5 aromatic rings. The second-order valence-corrected chi connectivity index (χ2v) is 9.63. The molecule has 0 saturated heterocycles. The second kappa shape index (κ2) is 8.74. The van der Waals surface area contributed by atoms with Gasteiger partial charge < -0.3 is 5.73 Å². The standard InChI is InChI=1S/C25H15Br2ClN4O/c26-16-9-7-14(8-10-16)21-13-20(15-3-1-4-17(27)11-15)22-23(29)32(25(33)31-24(22)30-21)19-6-2-5-18(28)12-19/h1-13H,29H2. The molecular weight excluding hydrogens is 568 g/mol. The predicted octanol–water partition coefficient (Wildman–Crippen LogP) is 6.88. The van der Waals surface area contributed by atoms with E-state index in [9.17, 15) is 4.79 Å². The summed E-state index contributed by atoms with van der Waals surface area (Å²) in [6.45, 7) is 0. The molecule has 8 heteroatoms. The first kappa shape index (κ1) is 21.8. The van der Waals surface area contributed by atoms with Crippen molar-refractivity contribution in [2.45, 2.75) is 0 Å². The predicted molar refractivity (Wildman–Crippen MR) is 141 cm³/mol. The highest BCUT2D eigenvalue weighted by molar-refractivity contribution is 9.10. The first-order valence-electron chi connectivity index (χ1n) is 9.92. The quantitative estimate of drug-likeness (QED) is 0.252. The Hall–Kier alpha value is -3.00. The van der Waals surface area contributed by atoms with E-state index in [0.29, 0.717) is 21.8 Å². The van der Waals surface area contributed by atoms with Gasteiger partial charge in [0.25, 0.3) is 0 Å². The highest BCUT2D eigenvalue weighted by Crippen LogP contribution is 2.36. The Labute approximate surface area is 211 Å². The molecule has 0 aliphatic heterocycles. The first-order valence-corrected chi connectivity index (χ1v) is 11.9. The molecule has 0 unspecified atom stereocenters. The fourth-order valence-corrected chi connectivity index (χ4v) is 4.59. The van der Waals surface area contributed by atoms with E-state index in [4.69, 9.17) is 22.3 Å². The zero-order valence-corrected chi connectivity index (χ0v) is 20.9. The van der Waals surface area contributed by atoms with Crippen molar-refractivity contribution in [3.63, 3.8) is 0 Å². The minimum absolute atomic E-state index is 0.247. The van der Waals surface area contributed by atoms with Crippen LogP contribution < -0.4 is 11.4 Å². The maximum absolute atomic E-state index is 13.0. The molecule has 162 valence electrons. The lowest BCUT2D eigenvalue weighted by Crippen LogP contribution is -2.25. The van der Waals surface area contributed by atoms with Crippen LogP contribution in [-0.2, 0) is 0 Å². The summed E-state index contributed by atoms with van der Waals surface area (Å²) in [7, 11) is 0. The SMILES string of the molecule is Nc1c2c(-c3cccc(Br)c3)cc(-c3ccc(Br)cc3)nc2nc(=O)n1-c1cccc(Cl)c1. The van der Waals surface area contributed by atoms with Crippen LogP contribution in [-0.4, -0.2) is 14.5 Å². The van der Waals surface area contributed by atoms with Gasteiger partial charge in [0.2, 0.25) is 0 Å². The number of fused-ring (bicyclic) bond motifs is 1. The second-order valence-electron chi connectivity index (χ2n) is 7.37. The van der Waals surface area contributed by atoms with E-state index in [1.165, 1.54) is 4.57 Å². The van der Waals surface area contributed by atoms with Gasteiger partial charge in [0.05, 0.1) is 16.8 Å². The Bertz CT molecular complexity index is 1580. The van der Waals surface area contributed by atoms with Gasteiger partial charge in [-0.05, 0) is 59.7 Å². The van der Waals surface area contributed by atoms with Crippen LogP contribution in [0.3, 0.4) is 0 Å². The van der Waals surface area contributed by atoms with Gasteiger partial charge in [0, 0.05) is 19.5 Å². The van der Waals surface area contributed by atoms with Crippen molar-refractivity contribution in [2.24, 2.45) is 0 Å². The largest absolute Gasteiger partial charge is 0.384 e. The number of aromatic nitrogens is 3. The average Bonchev–Trinajstić information content (AvgIpc) is 2.79. The smallest absolute Gasteiger partial charge is 0.355 e. The molecule has 0 saturated carbocycles. The van der Waals surface area contributed by atoms with Gasteiger partial charge in [-0.3, -0.25) is 0 Å². The lowest BCUT2D eigenvalue weighted by atomic mass is 9.99. The van der Waals surface area contributed by atoms with Crippen LogP contribution in [0.4, 0.5) is 5.82 Å². The molecule has 5 nitrogen and oxygen atoms in total. The van der Waals surface area contributed by atoms with Crippen molar-refractivity contribution in [2.75, 3.05) is 5.73 Å². The number of hydrogen-bond donors (Lipinski definition) is 1. The van der Waals surface area contributed by atoms with Crippen LogP contribution in [0.5, 0.6) is 0 Å². The van der Waals surface area contributed by atoms with E-state index in [0.717, 1.165) is 25.6 Å². The fourth-order valence-electron chi connectivity index (χ4n) is 3.74. The topological polar surface area (TPSA) is 73.8 Å². The van der Waals surface area contributed by atoms with E-state index in [1.54, 1.807) is 24.3 Å². The third kappa shape index (κ3) is 4.19. The Balaban J connectivity index is 1.87. The van der Waals surface area contributed by atoms with Crippen LogP contribution in [0.2, 0.25) is 5.02 Å². The molecule has 0 spiro atoms. The van der Waals surface area contributed by atoms with Crippen molar-refractivity contribution in [1.82, 2.24) is 14.5 Å². The van der Waals surface area contributed by atoms with E-state index in [-0.39, 0.29) is 11.5 Å². The number of pyridine rings is 1. The summed E-state index contributed by atoms with van der Waals surface area (Å²) >= 11 is 13.2. The zero-order valence-electron chi connectivity index (χ0n) is 17.0. The molecular formula is C25H15Br2ClN4O. The Morgan fingerprint density at radius 3 is 2.30 bits per heavy atom. The summed E-state index contributed by atoms with van der Waals surface area (Å²) in [5.74, 6) is 0.247. The monoisotopic (exact) mass is 580 g/mol. The number of rotatable bonds is 3. The molecule has 33 heavy (non-hydrogen) atoms. The maximum atomic E-state index is 13.0. The number of nitrogens with zero attached hydrogens (tertiary/aromatic N) is 3. The number of hydrogen-bond acceptors (Lipinski definition) is 4. The average molecular weight is 583 g/mol. The third-order valence-electron chi connectivity index (χ3n) is 5.23. The summed E-state index contributed by atoms with van der Waals surface area (Å²) in [5, 5.41) is 1.09. The lowest BCUT2D eigenvalue weighted by molar-refractivity contribution is 0.944. The van der Waals surface area contributed by atoms with Crippen LogP contribution in [0.25, 0.3) is 39.1 Å². The minimum Gasteiger partial charge on any atom is -0.384 e. The van der Waals surface area contributed by atoms with Crippen LogP contribution in [0.15, 0.2) is 92.6 Å². The normalized spacial score (nSPS) is 11.1. The summed E-state index contributed by atoms with van der Waals surface area (Å²) in [5.41, 5.74) is 10.2. The lowest BCUT2D eigenvalue weighted by Gasteiger charge is -2.16. The van der Waals surface area contributed by atoms with Gasteiger partial charge in [-0.2, -0.15) is 4.98 Å². The third-order valence-corrected chi connectivity index (χ3v) is 6.49. The minimum atomic E-state index is -0.525. The molecule has 0 bridgehead atoms. The molecule has 0 aliphatic carbocycles. The Kier molecular flexibility index (Phi) is 5.78. The van der Waals surface area contributed by atoms with Crippen molar-refractivity contribution >= 4 is 60.3 Å². The Morgan fingerprint density at radius 1 is 0.818 bits per heavy atom. The van der Waals surface area contributed by atoms with Crippen molar-refractivity contribution < 1.29 is 0 Å². The maximum Gasteiger partial charge on any atom is 0.355 e. The number of halogens is 3. The molecule has 5 rings (SSSR count). The van der Waals surface area contributed by atoms with Crippen molar-refractivity contribution in [3.8, 4) is 28.1 Å². The summed E-state index contributed by atoms with van der Waals surface area (Å²) in [6.07, 6.45) is 0. The molecule has 0 atom stereocenters. The van der Waals surface area contributed by atoms with E-state index < -0.39 is 5.69 Å².